The van der Waals surface area contributed by atoms with Crippen molar-refractivity contribution in [1.82, 2.24) is 10.2 Å². The van der Waals surface area contributed by atoms with Gasteiger partial charge in [-0.05, 0) is 37.4 Å². The molecule has 0 bridgehead atoms. The Kier molecular flexibility index (Phi) is 6.24. The second kappa shape index (κ2) is 7.95. The average molecular weight is 368 g/mol. The first kappa shape index (κ1) is 16.5. The normalized spacial score (nSPS) is 12.6. The zero-order valence-corrected chi connectivity index (χ0v) is 14.7. The Bertz CT molecular complexity index is 572. The molecule has 0 aliphatic carbocycles. The Morgan fingerprint density at radius 3 is 2.48 bits per heavy atom. The molecule has 0 aliphatic heterocycles. The Hall–Kier alpha value is -0.870. The van der Waals surface area contributed by atoms with Crippen LogP contribution in [0.2, 0.25) is 5.02 Å². The van der Waals surface area contributed by atoms with E-state index in [9.17, 15) is 0 Å². The molecule has 0 heterocycles. The second-order valence-corrected chi connectivity index (χ2v) is 6.55. The van der Waals surface area contributed by atoms with Crippen LogP contribution < -0.4 is 5.32 Å². The molecule has 1 unspecified atom stereocenters. The quantitative estimate of drug-likeness (QED) is 0.809. The summed E-state index contributed by atoms with van der Waals surface area (Å²) in [5.41, 5.74) is 2.54. The number of rotatable bonds is 6. The van der Waals surface area contributed by atoms with Crippen LogP contribution in [0.1, 0.15) is 17.2 Å². The van der Waals surface area contributed by atoms with E-state index in [1.165, 1.54) is 11.1 Å². The fourth-order valence-corrected chi connectivity index (χ4v) is 3.11. The standard InChI is InChI=1S/C17H20BrClN2/c1-21(2)17(13-6-4-3-5-7-13)12-20-11-14-8-9-15(19)10-16(14)18/h3-10,17,20H,11-12H2,1-2H3. The lowest BCUT2D eigenvalue weighted by Gasteiger charge is -2.25. The summed E-state index contributed by atoms with van der Waals surface area (Å²) in [6, 6.07) is 16.8. The molecule has 0 radical (unpaired) electrons. The van der Waals surface area contributed by atoms with Crippen molar-refractivity contribution in [3.8, 4) is 0 Å². The van der Waals surface area contributed by atoms with E-state index in [2.05, 4.69) is 70.6 Å². The van der Waals surface area contributed by atoms with Gasteiger partial charge in [-0.3, -0.25) is 0 Å². The molecule has 21 heavy (non-hydrogen) atoms. The van der Waals surface area contributed by atoms with Crippen LogP contribution in [-0.2, 0) is 6.54 Å². The van der Waals surface area contributed by atoms with E-state index in [0.29, 0.717) is 6.04 Å². The predicted octanol–water partition coefficient (Wildman–Crippen LogP) is 4.50. The van der Waals surface area contributed by atoms with Crippen LogP contribution >= 0.6 is 27.5 Å². The van der Waals surface area contributed by atoms with E-state index in [1.54, 1.807) is 0 Å². The van der Waals surface area contributed by atoms with Gasteiger partial charge in [0.15, 0.2) is 0 Å². The molecule has 2 rings (SSSR count). The molecular weight excluding hydrogens is 348 g/mol. The molecule has 0 amide bonds. The fourth-order valence-electron chi connectivity index (χ4n) is 2.28. The molecule has 1 atom stereocenters. The molecule has 1 N–H and O–H groups in total. The van der Waals surface area contributed by atoms with Gasteiger partial charge in [0.25, 0.3) is 0 Å². The molecular formula is C17H20BrClN2. The van der Waals surface area contributed by atoms with Gasteiger partial charge >= 0.3 is 0 Å². The van der Waals surface area contributed by atoms with E-state index < -0.39 is 0 Å². The van der Waals surface area contributed by atoms with Gasteiger partial charge in [-0.25, -0.2) is 0 Å². The van der Waals surface area contributed by atoms with Gasteiger partial charge in [0, 0.05) is 28.6 Å². The van der Waals surface area contributed by atoms with Gasteiger partial charge in [0.1, 0.15) is 0 Å². The highest BCUT2D eigenvalue weighted by Gasteiger charge is 2.13. The van der Waals surface area contributed by atoms with Crippen molar-refractivity contribution in [2.24, 2.45) is 0 Å². The first-order valence-corrected chi connectivity index (χ1v) is 8.11. The first-order chi connectivity index (χ1) is 10.1. The van der Waals surface area contributed by atoms with E-state index in [4.69, 9.17) is 11.6 Å². The van der Waals surface area contributed by atoms with Crippen LogP contribution in [-0.4, -0.2) is 25.5 Å². The summed E-state index contributed by atoms with van der Waals surface area (Å²) in [5.74, 6) is 0. The van der Waals surface area contributed by atoms with E-state index in [0.717, 1.165) is 22.6 Å². The van der Waals surface area contributed by atoms with Crippen LogP contribution in [0.15, 0.2) is 53.0 Å². The Morgan fingerprint density at radius 1 is 1.14 bits per heavy atom. The maximum absolute atomic E-state index is 5.97. The van der Waals surface area contributed by atoms with Crippen molar-refractivity contribution in [3.05, 3.63) is 69.2 Å². The van der Waals surface area contributed by atoms with Gasteiger partial charge in [-0.15, -0.1) is 0 Å². The van der Waals surface area contributed by atoms with Crippen molar-refractivity contribution < 1.29 is 0 Å². The number of benzene rings is 2. The molecule has 112 valence electrons. The first-order valence-electron chi connectivity index (χ1n) is 6.94. The maximum Gasteiger partial charge on any atom is 0.0466 e. The van der Waals surface area contributed by atoms with E-state index >= 15 is 0 Å². The number of hydrogen-bond acceptors (Lipinski definition) is 2. The third kappa shape index (κ3) is 4.82. The lowest BCUT2D eigenvalue weighted by atomic mass is 10.1. The molecule has 0 aliphatic rings. The van der Waals surface area contributed by atoms with Gasteiger partial charge in [-0.2, -0.15) is 0 Å². The van der Waals surface area contributed by atoms with E-state index in [1.807, 2.05) is 18.2 Å². The van der Waals surface area contributed by atoms with Crippen molar-refractivity contribution in [3.63, 3.8) is 0 Å². The highest BCUT2D eigenvalue weighted by Crippen LogP contribution is 2.22. The van der Waals surface area contributed by atoms with Gasteiger partial charge in [-0.1, -0.05) is 63.9 Å². The zero-order chi connectivity index (χ0) is 15.2. The van der Waals surface area contributed by atoms with Crippen molar-refractivity contribution >= 4 is 27.5 Å². The van der Waals surface area contributed by atoms with Crippen molar-refractivity contribution in [2.75, 3.05) is 20.6 Å². The fraction of sp³-hybridized carbons (Fsp3) is 0.294. The van der Waals surface area contributed by atoms with Crippen LogP contribution in [0.25, 0.3) is 0 Å². The predicted molar refractivity (Wildman–Crippen MR) is 93.7 cm³/mol. The molecule has 0 aromatic heterocycles. The van der Waals surface area contributed by atoms with Gasteiger partial charge in [0.05, 0.1) is 0 Å². The maximum atomic E-state index is 5.97. The second-order valence-electron chi connectivity index (χ2n) is 5.26. The zero-order valence-electron chi connectivity index (χ0n) is 12.3. The van der Waals surface area contributed by atoms with Crippen molar-refractivity contribution in [2.45, 2.75) is 12.6 Å². The number of nitrogens with zero attached hydrogens (tertiary/aromatic N) is 1. The third-order valence-corrected chi connectivity index (χ3v) is 4.45. The summed E-state index contributed by atoms with van der Waals surface area (Å²) in [7, 11) is 4.22. The lowest BCUT2D eigenvalue weighted by molar-refractivity contribution is 0.288. The van der Waals surface area contributed by atoms with E-state index in [-0.39, 0.29) is 0 Å². The minimum atomic E-state index is 0.359. The van der Waals surface area contributed by atoms with Crippen LogP contribution in [0, 0.1) is 0 Å². The minimum Gasteiger partial charge on any atom is -0.311 e. The largest absolute Gasteiger partial charge is 0.311 e. The minimum absolute atomic E-state index is 0.359. The summed E-state index contributed by atoms with van der Waals surface area (Å²) in [4.78, 5) is 2.24. The topological polar surface area (TPSA) is 15.3 Å². The number of likely N-dealkylation sites (N-methyl/N-ethyl adjacent to an activating group) is 1. The Labute approximate surface area is 140 Å². The number of hydrogen-bond donors (Lipinski definition) is 1. The summed E-state index contributed by atoms with van der Waals surface area (Å²) >= 11 is 9.52. The molecule has 2 aromatic rings. The van der Waals surface area contributed by atoms with Crippen molar-refractivity contribution in [1.29, 1.82) is 0 Å². The molecule has 4 heteroatoms. The monoisotopic (exact) mass is 366 g/mol. The summed E-state index contributed by atoms with van der Waals surface area (Å²) in [6.07, 6.45) is 0. The molecule has 0 saturated heterocycles. The summed E-state index contributed by atoms with van der Waals surface area (Å²) in [6.45, 7) is 1.71. The van der Waals surface area contributed by atoms with Crippen LogP contribution in [0.4, 0.5) is 0 Å². The molecule has 0 spiro atoms. The van der Waals surface area contributed by atoms with Gasteiger partial charge in [0.2, 0.25) is 0 Å². The molecule has 2 nitrogen and oxygen atoms in total. The SMILES string of the molecule is CN(C)C(CNCc1ccc(Cl)cc1Br)c1ccccc1. The number of halogens is 2. The highest BCUT2D eigenvalue weighted by molar-refractivity contribution is 9.10. The lowest BCUT2D eigenvalue weighted by Crippen LogP contribution is -2.30. The smallest absolute Gasteiger partial charge is 0.0466 e. The third-order valence-electron chi connectivity index (χ3n) is 3.48. The van der Waals surface area contributed by atoms with Gasteiger partial charge < -0.3 is 10.2 Å². The molecule has 0 saturated carbocycles. The number of nitrogens with one attached hydrogen (secondary N) is 1. The van der Waals surface area contributed by atoms with Crippen LogP contribution in [0.3, 0.4) is 0 Å². The summed E-state index contributed by atoms with van der Waals surface area (Å²) in [5, 5.41) is 4.28. The highest BCUT2D eigenvalue weighted by atomic mass is 79.9. The molecule has 2 aromatic carbocycles. The Morgan fingerprint density at radius 2 is 1.86 bits per heavy atom. The summed E-state index contributed by atoms with van der Waals surface area (Å²) < 4.78 is 1.05. The Balaban J connectivity index is 1.97. The molecule has 0 fully saturated rings. The average Bonchev–Trinajstić information content (AvgIpc) is 2.46. The van der Waals surface area contributed by atoms with Crippen LogP contribution in [0.5, 0.6) is 0 Å².